The first-order chi connectivity index (χ1) is 11.6. The fourth-order valence-electron chi connectivity index (χ4n) is 2.59. The average molecular weight is 365 g/mol. The SMILES string of the molecule is O=C(OCC(=O)N1CCN(c2ccccc2Cl)CC1)c1cccs1. The minimum Gasteiger partial charge on any atom is -0.451 e. The zero-order valence-electron chi connectivity index (χ0n) is 13.0. The van der Waals surface area contributed by atoms with Crippen LogP contribution in [0.25, 0.3) is 0 Å². The lowest BCUT2D eigenvalue weighted by Gasteiger charge is -2.36. The second-order valence-electron chi connectivity index (χ2n) is 5.37. The van der Waals surface area contributed by atoms with Gasteiger partial charge >= 0.3 is 5.97 Å². The van der Waals surface area contributed by atoms with Crippen molar-refractivity contribution in [3.63, 3.8) is 0 Å². The normalized spacial score (nSPS) is 14.5. The Bertz CT molecular complexity index is 712. The molecule has 2 aromatic rings. The summed E-state index contributed by atoms with van der Waals surface area (Å²) >= 11 is 7.51. The van der Waals surface area contributed by atoms with Gasteiger partial charge < -0.3 is 14.5 Å². The van der Waals surface area contributed by atoms with Crippen LogP contribution in [0.4, 0.5) is 5.69 Å². The molecular formula is C17H17ClN2O3S. The summed E-state index contributed by atoms with van der Waals surface area (Å²) in [5.41, 5.74) is 0.982. The molecule has 126 valence electrons. The van der Waals surface area contributed by atoms with Crippen molar-refractivity contribution in [2.24, 2.45) is 0 Å². The van der Waals surface area contributed by atoms with Gasteiger partial charge in [-0.25, -0.2) is 4.79 Å². The van der Waals surface area contributed by atoms with Gasteiger partial charge in [-0.05, 0) is 23.6 Å². The number of ether oxygens (including phenoxy) is 1. The first-order valence-electron chi connectivity index (χ1n) is 7.63. The van der Waals surface area contributed by atoms with Crippen LogP contribution >= 0.6 is 22.9 Å². The van der Waals surface area contributed by atoms with E-state index in [0.29, 0.717) is 36.1 Å². The number of benzene rings is 1. The summed E-state index contributed by atoms with van der Waals surface area (Å²) in [7, 11) is 0. The average Bonchev–Trinajstić information content (AvgIpc) is 3.15. The molecule has 1 fully saturated rings. The van der Waals surface area contributed by atoms with Crippen LogP contribution < -0.4 is 4.90 Å². The summed E-state index contributed by atoms with van der Waals surface area (Å²) in [6.45, 7) is 2.35. The van der Waals surface area contributed by atoms with E-state index >= 15 is 0 Å². The minimum absolute atomic E-state index is 0.168. The molecule has 3 rings (SSSR count). The standard InChI is InChI=1S/C17H17ClN2O3S/c18-13-4-1-2-5-14(13)19-7-9-20(10-8-19)16(21)12-23-17(22)15-6-3-11-24-15/h1-6,11H,7-10,12H2. The van der Waals surface area contributed by atoms with Crippen LogP contribution in [-0.2, 0) is 9.53 Å². The van der Waals surface area contributed by atoms with Gasteiger partial charge in [0.05, 0.1) is 10.7 Å². The Morgan fingerprint density at radius 3 is 2.50 bits per heavy atom. The monoisotopic (exact) mass is 364 g/mol. The maximum atomic E-state index is 12.2. The van der Waals surface area contributed by atoms with E-state index in [1.165, 1.54) is 11.3 Å². The zero-order valence-corrected chi connectivity index (χ0v) is 14.6. The van der Waals surface area contributed by atoms with Gasteiger partial charge in [0.15, 0.2) is 6.61 Å². The van der Waals surface area contributed by atoms with E-state index in [-0.39, 0.29) is 12.5 Å². The number of para-hydroxylation sites is 1. The third-order valence-electron chi connectivity index (χ3n) is 3.87. The first-order valence-corrected chi connectivity index (χ1v) is 8.89. The van der Waals surface area contributed by atoms with Crippen LogP contribution in [0.15, 0.2) is 41.8 Å². The molecule has 24 heavy (non-hydrogen) atoms. The van der Waals surface area contributed by atoms with E-state index < -0.39 is 5.97 Å². The van der Waals surface area contributed by atoms with E-state index in [9.17, 15) is 9.59 Å². The highest BCUT2D eigenvalue weighted by atomic mass is 35.5. The van der Waals surface area contributed by atoms with Gasteiger partial charge in [0.25, 0.3) is 5.91 Å². The van der Waals surface area contributed by atoms with Crippen LogP contribution in [-0.4, -0.2) is 49.6 Å². The largest absolute Gasteiger partial charge is 0.451 e. The number of carbonyl (C=O) groups is 2. The van der Waals surface area contributed by atoms with Crippen molar-refractivity contribution in [1.29, 1.82) is 0 Å². The molecule has 0 unspecified atom stereocenters. The van der Waals surface area contributed by atoms with E-state index in [1.54, 1.807) is 22.4 Å². The molecule has 7 heteroatoms. The summed E-state index contributed by atoms with van der Waals surface area (Å²) in [5, 5.41) is 2.51. The number of rotatable bonds is 4. The lowest BCUT2D eigenvalue weighted by atomic mass is 10.2. The van der Waals surface area contributed by atoms with Gasteiger partial charge in [-0.15, -0.1) is 11.3 Å². The molecule has 0 aliphatic carbocycles. The van der Waals surface area contributed by atoms with E-state index in [4.69, 9.17) is 16.3 Å². The topological polar surface area (TPSA) is 49.9 Å². The molecule has 1 amide bonds. The molecule has 0 atom stereocenters. The molecule has 1 aromatic heterocycles. The second kappa shape index (κ2) is 7.68. The van der Waals surface area contributed by atoms with Crippen molar-refractivity contribution in [2.45, 2.75) is 0 Å². The predicted molar refractivity (Wildman–Crippen MR) is 94.8 cm³/mol. The van der Waals surface area contributed by atoms with Crippen molar-refractivity contribution in [3.8, 4) is 0 Å². The number of anilines is 1. The molecule has 0 saturated carbocycles. The molecule has 1 aliphatic heterocycles. The smallest absolute Gasteiger partial charge is 0.348 e. The van der Waals surface area contributed by atoms with Crippen LogP contribution in [0.5, 0.6) is 0 Å². The number of carbonyl (C=O) groups excluding carboxylic acids is 2. The van der Waals surface area contributed by atoms with Gasteiger partial charge in [0.2, 0.25) is 0 Å². The van der Waals surface area contributed by atoms with E-state index in [1.807, 2.05) is 24.3 Å². The fourth-order valence-corrected chi connectivity index (χ4v) is 3.46. The van der Waals surface area contributed by atoms with Crippen molar-refractivity contribution in [3.05, 3.63) is 51.7 Å². The Balaban J connectivity index is 1.48. The summed E-state index contributed by atoms with van der Waals surface area (Å²) in [6, 6.07) is 11.1. The number of hydrogen-bond donors (Lipinski definition) is 0. The summed E-state index contributed by atoms with van der Waals surface area (Å²) in [6.07, 6.45) is 0. The van der Waals surface area contributed by atoms with Crippen molar-refractivity contribution >= 4 is 40.5 Å². The Morgan fingerprint density at radius 1 is 1.08 bits per heavy atom. The lowest BCUT2D eigenvalue weighted by Crippen LogP contribution is -2.50. The maximum absolute atomic E-state index is 12.2. The molecule has 0 bridgehead atoms. The summed E-state index contributed by atoms with van der Waals surface area (Å²) < 4.78 is 5.08. The van der Waals surface area contributed by atoms with Gasteiger partial charge in [-0.1, -0.05) is 29.8 Å². The fraction of sp³-hybridized carbons (Fsp3) is 0.294. The minimum atomic E-state index is -0.451. The Kier molecular flexibility index (Phi) is 5.37. The third kappa shape index (κ3) is 3.88. The van der Waals surface area contributed by atoms with Crippen LogP contribution in [0, 0.1) is 0 Å². The van der Waals surface area contributed by atoms with Crippen LogP contribution in [0.1, 0.15) is 9.67 Å². The third-order valence-corrected chi connectivity index (χ3v) is 5.04. The maximum Gasteiger partial charge on any atom is 0.348 e. The number of nitrogens with zero attached hydrogens (tertiary/aromatic N) is 2. The number of piperazine rings is 1. The first kappa shape index (κ1) is 16.8. The highest BCUT2D eigenvalue weighted by Crippen LogP contribution is 2.26. The number of hydrogen-bond acceptors (Lipinski definition) is 5. The summed E-state index contributed by atoms with van der Waals surface area (Å²) in [5.74, 6) is -0.619. The van der Waals surface area contributed by atoms with Crippen molar-refractivity contribution in [1.82, 2.24) is 4.90 Å². The number of thiophene rings is 1. The summed E-state index contributed by atoms with van der Waals surface area (Å²) in [4.78, 5) is 28.3. The zero-order chi connectivity index (χ0) is 16.9. The highest BCUT2D eigenvalue weighted by Gasteiger charge is 2.23. The molecule has 0 spiro atoms. The predicted octanol–water partition coefficient (Wildman–Crippen LogP) is 2.91. The van der Waals surface area contributed by atoms with Gasteiger partial charge in [0, 0.05) is 26.2 Å². The van der Waals surface area contributed by atoms with E-state index in [0.717, 1.165) is 5.69 Å². The number of halogens is 1. The van der Waals surface area contributed by atoms with Crippen molar-refractivity contribution < 1.29 is 14.3 Å². The number of esters is 1. The molecule has 0 N–H and O–H groups in total. The van der Waals surface area contributed by atoms with Gasteiger partial charge in [-0.3, -0.25) is 4.79 Å². The van der Waals surface area contributed by atoms with Gasteiger partial charge in [-0.2, -0.15) is 0 Å². The molecular weight excluding hydrogens is 348 g/mol. The Morgan fingerprint density at radius 2 is 1.83 bits per heavy atom. The quantitative estimate of drug-likeness (QED) is 0.783. The van der Waals surface area contributed by atoms with Crippen LogP contribution in [0.3, 0.4) is 0 Å². The molecule has 2 heterocycles. The second-order valence-corrected chi connectivity index (χ2v) is 6.73. The molecule has 1 aliphatic rings. The number of amides is 1. The molecule has 5 nitrogen and oxygen atoms in total. The van der Waals surface area contributed by atoms with E-state index in [2.05, 4.69) is 4.90 Å². The van der Waals surface area contributed by atoms with Crippen LogP contribution in [0.2, 0.25) is 5.02 Å². The lowest BCUT2D eigenvalue weighted by molar-refractivity contribution is -0.134. The Hall–Kier alpha value is -2.05. The van der Waals surface area contributed by atoms with Crippen molar-refractivity contribution in [2.75, 3.05) is 37.7 Å². The van der Waals surface area contributed by atoms with Gasteiger partial charge in [0.1, 0.15) is 4.88 Å². The highest BCUT2D eigenvalue weighted by molar-refractivity contribution is 7.11. The molecule has 1 saturated heterocycles. The Labute approximate surface area is 149 Å². The molecule has 0 radical (unpaired) electrons. The molecule has 1 aromatic carbocycles.